The molecule has 0 saturated carbocycles. The fourth-order valence-corrected chi connectivity index (χ4v) is 4.04. The lowest BCUT2D eigenvalue weighted by molar-refractivity contribution is -0.144. The zero-order chi connectivity index (χ0) is 17.3. The first-order valence-electron chi connectivity index (χ1n) is 8.80. The molecule has 2 saturated heterocycles. The van der Waals surface area contributed by atoms with E-state index in [-0.39, 0.29) is 23.2 Å². The number of hydrogen-bond donors (Lipinski definition) is 0. The molecule has 2 aliphatic heterocycles. The molecule has 25 heavy (non-hydrogen) atoms. The summed E-state index contributed by atoms with van der Waals surface area (Å²) in [6, 6.07) is 5.22. The molecule has 1 spiro atoms. The Balaban J connectivity index is 1.67. The zero-order valence-corrected chi connectivity index (χ0v) is 14.4. The largest absolute Gasteiger partial charge is 0.493 e. The summed E-state index contributed by atoms with van der Waals surface area (Å²) in [7, 11) is 1.49. The van der Waals surface area contributed by atoms with Gasteiger partial charge in [0, 0.05) is 38.3 Å². The summed E-state index contributed by atoms with van der Waals surface area (Å²) >= 11 is 0. The maximum atomic E-state index is 14.1. The minimum Gasteiger partial charge on any atom is -0.493 e. The highest BCUT2D eigenvalue weighted by molar-refractivity contribution is 5.65. The molecule has 3 heterocycles. The Morgan fingerprint density at radius 2 is 2.12 bits per heavy atom. The Hall–Kier alpha value is -1.92. The van der Waals surface area contributed by atoms with Crippen LogP contribution < -0.4 is 4.74 Å². The molecule has 134 valence electrons. The molecule has 0 aliphatic carbocycles. The van der Waals surface area contributed by atoms with Crippen LogP contribution >= 0.6 is 0 Å². The standard InChI is InChI=1S/C19H23FN2O3/c1-23-17-15(3-2-4-16(17)20)18-21-8-9-22(18)14-5-10-25-19(13-14)6-11-24-12-7-19/h2-4,8-9,14H,5-7,10-13H2,1H3. The first-order chi connectivity index (χ1) is 12.2. The summed E-state index contributed by atoms with van der Waals surface area (Å²) in [5.41, 5.74) is 0.578. The molecule has 4 rings (SSSR count). The van der Waals surface area contributed by atoms with E-state index in [1.54, 1.807) is 12.3 Å². The van der Waals surface area contributed by atoms with Crippen molar-refractivity contribution in [1.82, 2.24) is 9.55 Å². The van der Waals surface area contributed by atoms with E-state index in [2.05, 4.69) is 9.55 Å². The number of halogens is 1. The van der Waals surface area contributed by atoms with E-state index in [0.717, 1.165) is 51.3 Å². The van der Waals surface area contributed by atoms with Crippen LogP contribution in [0.4, 0.5) is 4.39 Å². The second-order valence-corrected chi connectivity index (χ2v) is 6.77. The minimum absolute atomic E-state index is 0.102. The molecule has 1 aromatic carbocycles. The van der Waals surface area contributed by atoms with Gasteiger partial charge in [0.05, 0.1) is 18.3 Å². The molecular weight excluding hydrogens is 323 g/mol. The summed E-state index contributed by atoms with van der Waals surface area (Å²) in [5, 5.41) is 0. The molecule has 2 aliphatic rings. The minimum atomic E-state index is -0.373. The van der Waals surface area contributed by atoms with E-state index < -0.39 is 0 Å². The van der Waals surface area contributed by atoms with Crippen molar-refractivity contribution in [2.45, 2.75) is 37.3 Å². The molecule has 0 bridgehead atoms. The van der Waals surface area contributed by atoms with Gasteiger partial charge in [-0.15, -0.1) is 0 Å². The van der Waals surface area contributed by atoms with Gasteiger partial charge in [0.2, 0.25) is 0 Å². The number of para-hydroxylation sites is 1. The van der Waals surface area contributed by atoms with Gasteiger partial charge in [0.1, 0.15) is 5.82 Å². The van der Waals surface area contributed by atoms with E-state index in [1.807, 2.05) is 12.3 Å². The quantitative estimate of drug-likeness (QED) is 0.852. The Labute approximate surface area is 146 Å². The molecule has 1 unspecified atom stereocenters. The van der Waals surface area contributed by atoms with Crippen molar-refractivity contribution in [3.63, 3.8) is 0 Å². The van der Waals surface area contributed by atoms with Gasteiger partial charge in [-0.25, -0.2) is 9.37 Å². The normalized spacial score (nSPS) is 22.9. The van der Waals surface area contributed by atoms with Gasteiger partial charge < -0.3 is 18.8 Å². The molecule has 1 aromatic heterocycles. The predicted molar refractivity (Wildman–Crippen MR) is 91.2 cm³/mol. The third-order valence-corrected chi connectivity index (χ3v) is 5.35. The molecule has 0 amide bonds. The first kappa shape index (κ1) is 16.5. The fraction of sp³-hybridized carbons (Fsp3) is 0.526. The maximum absolute atomic E-state index is 14.1. The van der Waals surface area contributed by atoms with E-state index in [1.165, 1.54) is 13.2 Å². The van der Waals surface area contributed by atoms with Gasteiger partial charge in [-0.2, -0.15) is 0 Å². The van der Waals surface area contributed by atoms with E-state index in [4.69, 9.17) is 14.2 Å². The van der Waals surface area contributed by atoms with Crippen molar-refractivity contribution >= 4 is 0 Å². The fourth-order valence-electron chi connectivity index (χ4n) is 4.04. The first-order valence-corrected chi connectivity index (χ1v) is 8.80. The molecule has 0 radical (unpaired) electrons. The van der Waals surface area contributed by atoms with Gasteiger partial charge in [0.25, 0.3) is 0 Å². The Bertz CT molecular complexity index is 735. The Morgan fingerprint density at radius 1 is 1.28 bits per heavy atom. The second kappa shape index (κ2) is 6.77. The SMILES string of the molecule is COc1c(F)cccc1-c1nccn1C1CCOC2(CCOCC2)C1. The summed E-state index contributed by atoms with van der Waals surface area (Å²) < 4.78 is 33.2. The zero-order valence-electron chi connectivity index (χ0n) is 14.4. The molecular formula is C19H23FN2O3. The molecule has 5 nitrogen and oxygen atoms in total. The third kappa shape index (κ3) is 3.04. The van der Waals surface area contributed by atoms with Gasteiger partial charge >= 0.3 is 0 Å². The topological polar surface area (TPSA) is 45.5 Å². The van der Waals surface area contributed by atoms with Gasteiger partial charge in [-0.05, 0) is 37.8 Å². The van der Waals surface area contributed by atoms with Crippen molar-refractivity contribution in [3.8, 4) is 17.1 Å². The number of ether oxygens (including phenoxy) is 3. The summed E-state index contributed by atoms with van der Waals surface area (Å²) in [5.74, 6) is 0.607. The van der Waals surface area contributed by atoms with Crippen LogP contribution in [0.15, 0.2) is 30.6 Å². The summed E-state index contributed by atoms with van der Waals surface area (Å²) in [6.07, 6.45) is 7.45. The molecule has 2 aromatic rings. The number of rotatable bonds is 3. The van der Waals surface area contributed by atoms with E-state index >= 15 is 0 Å². The number of methoxy groups -OCH3 is 1. The highest BCUT2D eigenvalue weighted by atomic mass is 19.1. The number of nitrogens with zero attached hydrogens (tertiary/aromatic N) is 2. The van der Waals surface area contributed by atoms with Crippen molar-refractivity contribution < 1.29 is 18.6 Å². The van der Waals surface area contributed by atoms with Crippen LogP contribution in [0.1, 0.15) is 31.7 Å². The number of benzene rings is 1. The molecule has 1 atom stereocenters. The third-order valence-electron chi connectivity index (χ3n) is 5.35. The van der Waals surface area contributed by atoms with Crippen LogP contribution in [0, 0.1) is 5.82 Å². The van der Waals surface area contributed by atoms with E-state index in [0.29, 0.717) is 5.56 Å². The van der Waals surface area contributed by atoms with Crippen LogP contribution in [-0.4, -0.2) is 42.1 Å². The molecule has 2 fully saturated rings. The van der Waals surface area contributed by atoms with Crippen molar-refractivity contribution in [2.24, 2.45) is 0 Å². The highest BCUT2D eigenvalue weighted by Crippen LogP contribution is 2.41. The van der Waals surface area contributed by atoms with Crippen LogP contribution in [0.3, 0.4) is 0 Å². The van der Waals surface area contributed by atoms with Gasteiger partial charge in [0.15, 0.2) is 11.6 Å². The molecule has 6 heteroatoms. The smallest absolute Gasteiger partial charge is 0.165 e. The summed E-state index contributed by atoms with van der Waals surface area (Å²) in [4.78, 5) is 4.50. The van der Waals surface area contributed by atoms with Gasteiger partial charge in [-0.3, -0.25) is 0 Å². The van der Waals surface area contributed by atoms with Crippen LogP contribution in [0.2, 0.25) is 0 Å². The van der Waals surface area contributed by atoms with Gasteiger partial charge in [-0.1, -0.05) is 6.07 Å². The van der Waals surface area contributed by atoms with Crippen LogP contribution in [0.5, 0.6) is 5.75 Å². The monoisotopic (exact) mass is 346 g/mol. The van der Waals surface area contributed by atoms with Crippen LogP contribution in [0.25, 0.3) is 11.4 Å². The van der Waals surface area contributed by atoms with Crippen molar-refractivity contribution in [1.29, 1.82) is 0 Å². The maximum Gasteiger partial charge on any atom is 0.165 e. The van der Waals surface area contributed by atoms with Crippen molar-refractivity contribution in [3.05, 3.63) is 36.4 Å². The second-order valence-electron chi connectivity index (χ2n) is 6.77. The highest BCUT2D eigenvalue weighted by Gasteiger charge is 2.40. The summed E-state index contributed by atoms with van der Waals surface area (Å²) in [6.45, 7) is 2.23. The number of imidazole rings is 1. The Kier molecular flexibility index (Phi) is 4.48. The van der Waals surface area contributed by atoms with E-state index in [9.17, 15) is 4.39 Å². The van der Waals surface area contributed by atoms with Crippen LogP contribution in [-0.2, 0) is 9.47 Å². The lowest BCUT2D eigenvalue weighted by Gasteiger charge is -2.43. The lowest BCUT2D eigenvalue weighted by Crippen LogP contribution is -2.44. The lowest BCUT2D eigenvalue weighted by atomic mass is 9.84. The average Bonchev–Trinajstić information content (AvgIpc) is 3.12. The average molecular weight is 346 g/mol. The predicted octanol–water partition coefficient (Wildman–Crippen LogP) is 3.60. The molecule has 0 N–H and O–H groups in total. The number of hydrogen-bond acceptors (Lipinski definition) is 4. The Morgan fingerprint density at radius 3 is 2.92 bits per heavy atom. The number of aromatic nitrogens is 2. The van der Waals surface area contributed by atoms with Crippen molar-refractivity contribution in [2.75, 3.05) is 26.9 Å².